The molecular formula is C19H19FN2O4. The van der Waals surface area contributed by atoms with E-state index in [0.717, 1.165) is 0 Å². The van der Waals surface area contributed by atoms with Crippen LogP contribution in [0.5, 0.6) is 11.6 Å². The average molecular weight is 358 g/mol. The van der Waals surface area contributed by atoms with E-state index in [1.807, 2.05) is 0 Å². The number of ether oxygens (including phenoxy) is 1. The van der Waals surface area contributed by atoms with Gasteiger partial charge in [0.05, 0.1) is 17.8 Å². The van der Waals surface area contributed by atoms with Gasteiger partial charge in [0.25, 0.3) is 0 Å². The summed E-state index contributed by atoms with van der Waals surface area (Å²) >= 11 is 0. The number of pyridine rings is 1. The summed E-state index contributed by atoms with van der Waals surface area (Å²) in [5.74, 6) is -0.986. The zero-order valence-electron chi connectivity index (χ0n) is 14.0. The molecule has 1 amide bonds. The van der Waals surface area contributed by atoms with Crippen LogP contribution < -0.4 is 10.1 Å². The van der Waals surface area contributed by atoms with E-state index in [0.29, 0.717) is 43.0 Å². The van der Waals surface area contributed by atoms with Crippen LogP contribution in [0.2, 0.25) is 0 Å². The number of nitrogens with one attached hydrogen (secondary N) is 1. The second kappa shape index (κ2) is 7.95. The Bertz CT molecular complexity index is 769. The second-order valence-corrected chi connectivity index (χ2v) is 6.32. The number of carboxylic acids is 1. The molecule has 1 aromatic carbocycles. The van der Waals surface area contributed by atoms with Crippen molar-refractivity contribution in [2.75, 3.05) is 5.32 Å². The van der Waals surface area contributed by atoms with Gasteiger partial charge in [-0.1, -0.05) is 0 Å². The number of rotatable bonds is 5. The number of halogens is 1. The molecule has 1 fully saturated rings. The van der Waals surface area contributed by atoms with Gasteiger partial charge in [-0.15, -0.1) is 0 Å². The standard InChI is InChI=1S/C19H19FN2O4/c20-14-5-8-16(9-6-14)26-17-10-7-15(11-21-17)22-18(23)12-1-3-13(4-2-12)19(24)25/h5-13H,1-4H2,(H,22,23)(H,24,25). The van der Waals surface area contributed by atoms with Crippen LogP contribution in [-0.4, -0.2) is 22.0 Å². The first kappa shape index (κ1) is 17.8. The highest BCUT2D eigenvalue weighted by Crippen LogP contribution is 2.30. The third-order valence-electron chi connectivity index (χ3n) is 4.49. The van der Waals surface area contributed by atoms with Crippen molar-refractivity contribution in [2.45, 2.75) is 25.7 Å². The molecule has 0 saturated heterocycles. The predicted octanol–water partition coefficient (Wildman–Crippen LogP) is 3.84. The quantitative estimate of drug-likeness (QED) is 0.848. The molecule has 136 valence electrons. The SMILES string of the molecule is O=C(O)C1CCC(C(=O)Nc2ccc(Oc3ccc(F)cc3)nc2)CC1. The summed E-state index contributed by atoms with van der Waals surface area (Å²) in [4.78, 5) is 27.4. The fourth-order valence-electron chi connectivity index (χ4n) is 2.98. The van der Waals surface area contributed by atoms with Gasteiger partial charge in [-0.05, 0) is 56.0 Å². The van der Waals surface area contributed by atoms with Crippen LogP contribution in [-0.2, 0) is 9.59 Å². The van der Waals surface area contributed by atoms with Gasteiger partial charge in [0.2, 0.25) is 11.8 Å². The van der Waals surface area contributed by atoms with Crippen LogP contribution in [0.3, 0.4) is 0 Å². The first-order valence-corrected chi connectivity index (χ1v) is 8.44. The first-order chi connectivity index (χ1) is 12.5. The van der Waals surface area contributed by atoms with Crippen molar-refractivity contribution in [1.29, 1.82) is 0 Å². The number of aliphatic carboxylic acids is 1. The lowest BCUT2D eigenvalue weighted by atomic mass is 9.81. The number of benzene rings is 1. The molecule has 26 heavy (non-hydrogen) atoms. The molecule has 0 atom stereocenters. The molecule has 2 aromatic rings. The van der Waals surface area contributed by atoms with Gasteiger partial charge in [-0.2, -0.15) is 0 Å². The van der Waals surface area contributed by atoms with Crippen LogP contribution in [0, 0.1) is 17.7 Å². The number of anilines is 1. The Morgan fingerprint density at radius 3 is 2.27 bits per heavy atom. The fraction of sp³-hybridized carbons (Fsp3) is 0.316. The van der Waals surface area contributed by atoms with Crippen molar-refractivity contribution in [1.82, 2.24) is 4.98 Å². The summed E-state index contributed by atoms with van der Waals surface area (Å²) in [5, 5.41) is 11.8. The van der Waals surface area contributed by atoms with Crippen LogP contribution in [0.15, 0.2) is 42.6 Å². The third-order valence-corrected chi connectivity index (χ3v) is 4.49. The molecule has 1 heterocycles. The molecule has 1 aliphatic carbocycles. The van der Waals surface area contributed by atoms with Crippen molar-refractivity contribution in [3.05, 3.63) is 48.4 Å². The molecule has 6 nitrogen and oxygen atoms in total. The normalized spacial score (nSPS) is 19.6. The molecule has 0 aliphatic heterocycles. The topological polar surface area (TPSA) is 88.5 Å². The maximum Gasteiger partial charge on any atom is 0.306 e. The largest absolute Gasteiger partial charge is 0.481 e. The first-order valence-electron chi connectivity index (χ1n) is 8.44. The number of carbonyl (C=O) groups excluding carboxylic acids is 1. The number of carbonyl (C=O) groups is 2. The van der Waals surface area contributed by atoms with Gasteiger partial charge in [0.1, 0.15) is 11.6 Å². The Kier molecular flexibility index (Phi) is 5.46. The van der Waals surface area contributed by atoms with E-state index in [1.54, 1.807) is 12.1 Å². The number of carboxylic acid groups (broad SMARTS) is 1. The highest BCUT2D eigenvalue weighted by Gasteiger charge is 2.29. The third kappa shape index (κ3) is 4.56. The summed E-state index contributed by atoms with van der Waals surface area (Å²) in [5.41, 5.74) is 0.543. The minimum absolute atomic E-state index is 0.122. The maximum atomic E-state index is 12.9. The highest BCUT2D eigenvalue weighted by atomic mass is 19.1. The van der Waals surface area contributed by atoms with E-state index in [9.17, 15) is 14.0 Å². The van der Waals surface area contributed by atoms with Gasteiger partial charge in [-0.3, -0.25) is 9.59 Å². The van der Waals surface area contributed by atoms with E-state index in [2.05, 4.69) is 10.3 Å². The van der Waals surface area contributed by atoms with Gasteiger partial charge in [-0.25, -0.2) is 9.37 Å². The number of nitrogens with zero attached hydrogens (tertiary/aromatic N) is 1. The zero-order valence-corrected chi connectivity index (χ0v) is 14.0. The number of amides is 1. The van der Waals surface area contributed by atoms with E-state index < -0.39 is 5.97 Å². The number of hydrogen-bond acceptors (Lipinski definition) is 4. The molecule has 0 spiro atoms. The zero-order chi connectivity index (χ0) is 18.5. The van der Waals surface area contributed by atoms with Crippen LogP contribution in [0.4, 0.5) is 10.1 Å². The van der Waals surface area contributed by atoms with Gasteiger partial charge >= 0.3 is 5.97 Å². The minimum Gasteiger partial charge on any atom is -0.481 e. The van der Waals surface area contributed by atoms with E-state index in [-0.39, 0.29) is 23.6 Å². The smallest absolute Gasteiger partial charge is 0.306 e. The van der Waals surface area contributed by atoms with Gasteiger partial charge in [0, 0.05) is 12.0 Å². The summed E-state index contributed by atoms with van der Waals surface area (Å²) in [6, 6.07) is 8.87. The van der Waals surface area contributed by atoms with E-state index in [1.165, 1.54) is 30.5 Å². The van der Waals surface area contributed by atoms with Crippen molar-refractivity contribution in [2.24, 2.45) is 11.8 Å². The lowest BCUT2D eigenvalue weighted by Crippen LogP contribution is -2.29. The van der Waals surface area contributed by atoms with Crippen molar-refractivity contribution in [3.8, 4) is 11.6 Å². The molecule has 0 radical (unpaired) electrons. The van der Waals surface area contributed by atoms with Crippen LogP contribution in [0.25, 0.3) is 0 Å². The van der Waals surface area contributed by atoms with E-state index >= 15 is 0 Å². The minimum atomic E-state index is -0.787. The molecule has 3 rings (SSSR count). The van der Waals surface area contributed by atoms with Crippen molar-refractivity contribution < 1.29 is 23.8 Å². The Morgan fingerprint density at radius 1 is 1.04 bits per heavy atom. The van der Waals surface area contributed by atoms with Crippen LogP contribution >= 0.6 is 0 Å². The number of hydrogen-bond donors (Lipinski definition) is 2. The lowest BCUT2D eigenvalue weighted by molar-refractivity contribution is -0.143. The molecule has 2 N–H and O–H groups in total. The molecule has 0 unspecified atom stereocenters. The summed E-state index contributed by atoms with van der Waals surface area (Å²) in [6.07, 6.45) is 3.68. The predicted molar refractivity (Wildman–Crippen MR) is 92.4 cm³/mol. The van der Waals surface area contributed by atoms with Crippen molar-refractivity contribution in [3.63, 3.8) is 0 Å². The Hall–Kier alpha value is -2.96. The average Bonchev–Trinajstić information content (AvgIpc) is 2.65. The number of aromatic nitrogens is 1. The van der Waals surface area contributed by atoms with Crippen molar-refractivity contribution >= 4 is 17.6 Å². The fourth-order valence-corrected chi connectivity index (χ4v) is 2.98. The monoisotopic (exact) mass is 358 g/mol. The summed E-state index contributed by atoms with van der Waals surface area (Å²) in [6.45, 7) is 0. The Balaban J connectivity index is 1.53. The summed E-state index contributed by atoms with van der Waals surface area (Å²) in [7, 11) is 0. The molecule has 0 bridgehead atoms. The molecule has 1 saturated carbocycles. The molecular weight excluding hydrogens is 339 g/mol. The molecule has 1 aliphatic rings. The second-order valence-electron chi connectivity index (χ2n) is 6.32. The van der Waals surface area contributed by atoms with Gasteiger partial charge < -0.3 is 15.2 Å². The van der Waals surface area contributed by atoms with Crippen LogP contribution in [0.1, 0.15) is 25.7 Å². The highest BCUT2D eigenvalue weighted by molar-refractivity contribution is 5.92. The Labute approximate surface area is 150 Å². The Morgan fingerprint density at radius 2 is 1.69 bits per heavy atom. The van der Waals surface area contributed by atoms with E-state index in [4.69, 9.17) is 9.84 Å². The maximum absolute atomic E-state index is 12.9. The summed E-state index contributed by atoms with van der Waals surface area (Å²) < 4.78 is 18.4. The lowest BCUT2D eigenvalue weighted by Gasteiger charge is -2.25. The molecule has 7 heteroatoms. The van der Waals surface area contributed by atoms with Gasteiger partial charge in [0.15, 0.2) is 0 Å². The molecule has 1 aromatic heterocycles.